The Kier molecular flexibility index (Phi) is 9.04. The fourth-order valence-corrected chi connectivity index (χ4v) is 4.63. The van der Waals surface area contributed by atoms with Crippen LogP contribution >= 0.6 is 0 Å². The van der Waals surface area contributed by atoms with Crippen LogP contribution in [0.25, 0.3) is 0 Å². The van der Waals surface area contributed by atoms with Gasteiger partial charge in [-0.15, -0.1) is 0 Å². The third-order valence-corrected chi connectivity index (χ3v) is 6.80. The minimum absolute atomic E-state index is 0.00619. The zero-order valence-electron chi connectivity index (χ0n) is 19.8. The van der Waals surface area contributed by atoms with E-state index in [1.54, 1.807) is 0 Å². The lowest BCUT2D eigenvalue weighted by Crippen LogP contribution is -2.55. The number of rotatable bonds is 8. The molecule has 0 saturated carbocycles. The molecule has 2 fully saturated rings. The molecule has 2 saturated heterocycles. The summed E-state index contributed by atoms with van der Waals surface area (Å²) in [4.78, 5) is 33.9. The first kappa shape index (κ1) is 24.6. The Morgan fingerprint density at radius 2 is 1.50 bits per heavy atom. The first-order chi connectivity index (χ1) is 15.4. The van der Waals surface area contributed by atoms with E-state index in [9.17, 15) is 14.7 Å². The number of nitrogens with zero attached hydrogens (tertiary/aromatic N) is 4. The van der Waals surface area contributed by atoms with Crippen LogP contribution in [-0.4, -0.2) is 115 Å². The number of anilines is 1. The van der Waals surface area contributed by atoms with Gasteiger partial charge in [-0.05, 0) is 31.4 Å². The number of aliphatic hydroxyl groups is 1. The summed E-state index contributed by atoms with van der Waals surface area (Å²) < 4.78 is 0. The molecule has 1 aromatic carbocycles. The van der Waals surface area contributed by atoms with Gasteiger partial charge in [0.1, 0.15) is 0 Å². The first-order valence-corrected chi connectivity index (χ1v) is 11.8. The van der Waals surface area contributed by atoms with Crippen molar-refractivity contribution in [2.75, 3.05) is 77.4 Å². The highest BCUT2D eigenvalue weighted by Crippen LogP contribution is 2.19. The summed E-state index contributed by atoms with van der Waals surface area (Å²) in [5.74, 6) is 0.167. The molecule has 2 amide bonds. The van der Waals surface area contributed by atoms with Crippen molar-refractivity contribution in [1.82, 2.24) is 19.6 Å². The van der Waals surface area contributed by atoms with Crippen LogP contribution in [0.4, 0.5) is 5.69 Å². The topological polar surface area (TPSA) is 79.4 Å². The number of nitrogens with one attached hydrogen (secondary N) is 1. The lowest BCUT2D eigenvalue weighted by Gasteiger charge is -2.39. The standard InChI is InChI=1S/C24H39N5O3/c1-4-21(18-30)28-12-8-27(9-13-28)17-23(32)29-14-10-26(11-15-29)16-22(31)25-24-19(2)6-5-7-20(24)3/h5-7,21,30H,4,8-18H2,1-3H3,(H,25,31). The van der Waals surface area contributed by atoms with Gasteiger partial charge < -0.3 is 15.3 Å². The van der Waals surface area contributed by atoms with Crippen molar-refractivity contribution >= 4 is 17.5 Å². The second kappa shape index (κ2) is 11.7. The van der Waals surface area contributed by atoms with Crippen molar-refractivity contribution in [3.05, 3.63) is 29.3 Å². The summed E-state index contributed by atoms with van der Waals surface area (Å²) in [5, 5.41) is 12.5. The molecule has 2 heterocycles. The first-order valence-electron chi connectivity index (χ1n) is 11.8. The lowest BCUT2D eigenvalue weighted by atomic mass is 10.1. The second-order valence-electron chi connectivity index (χ2n) is 9.03. The van der Waals surface area contributed by atoms with Gasteiger partial charge in [0.25, 0.3) is 0 Å². The predicted octanol–water partition coefficient (Wildman–Crippen LogP) is 0.775. The average molecular weight is 446 g/mol. The fraction of sp³-hybridized carbons (Fsp3) is 0.667. The Morgan fingerprint density at radius 1 is 0.938 bits per heavy atom. The molecule has 0 radical (unpaired) electrons. The zero-order chi connectivity index (χ0) is 23.1. The maximum atomic E-state index is 12.8. The van der Waals surface area contributed by atoms with E-state index >= 15 is 0 Å². The van der Waals surface area contributed by atoms with Crippen LogP contribution < -0.4 is 5.32 Å². The van der Waals surface area contributed by atoms with Crippen LogP contribution in [0.3, 0.4) is 0 Å². The van der Waals surface area contributed by atoms with Crippen molar-refractivity contribution < 1.29 is 14.7 Å². The molecule has 2 aliphatic rings. The highest BCUT2D eigenvalue weighted by atomic mass is 16.3. The molecular formula is C24H39N5O3. The summed E-state index contributed by atoms with van der Waals surface area (Å²) in [7, 11) is 0. The van der Waals surface area contributed by atoms with Gasteiger partial charge in [-0.3, -0.25) is 24.3 Å². The van der Waals surface area contributed by atoms with Crippen LogP contribution in [0.2, 0.25) is 0 Å². The SMILES string of the molecule is CCC(CO)N1CCN(CC(=O)N2CCN(CC(=O)Nc3c(C)cccc3C)CC2)CC1. The van der Waals surface area contributed by atoms with Gasteiger partial charge in [0.05, 0.1) is 19.7 Å². The van der Waals surface area contributed by atoms with Crippen LogP contribution in [-0.2, 0) is 9.59 Å². The summed E-state index contributed by atoms with van der Waals surface area (Å²) in [5.41, 5.74) is 3.03. The zero-order valence-corrected chi connectivity index (χ0v) is 19.8. The third kappa shape index (κ3) is 6.51. The molecule has 8 nitrogen and oxygen atoms in total. The monoisotopic (exact) mass is 445 g/mol. The third-order valence-electron chi connectivity index (χ3n) is 6.80. The number of piperazine rings is 2. The van der Waals surface area contributed by atoms with Gasteiger partial charge in [0.15, 0.2) is 0 Å². The van der Waals surface area contributed by atoms with Crippen molar-refractivity contribution in [1.29, 1.82) is 0 Å². The summed E-state index contributed by atoms with van der Waals surface area (Å²) in [6.07, 6.45) is 0.947. The maximum absolute atomic E-state index is 12.8. The molecule has 0 aliphatic carbocycles. The van der Waals surface area contributed by atoms with Crippen LogP contribution in [0, 0.1) is 13.8 Å². The summed E-state index contributed by atoms with van der Waals surface area (Å²) in [6.45, 7) is 13.4. The summed E-state index contributed by atoms with van der Waals surface area (Å²) in [6, 6.07) is 6.23. The minimum atomic E-state index is -0.00619. The Bertz CT molecular complexity index is 747. The van der Waals surface area contributed by atoms with Crippen molar-refractivity contribution in [3.8, 4) is 0 Å². The fourth-order valence-electron chi connectivity index (χ4n) is 4.63. The highest BCUT2D eigenvalue weighted by molar-refractivity contribution is 5.93. The largest absolute Gasteiger partial charge is 0.395 e. The molecular weight excluding hydrogens is 406 g/mol. The number of benzene rings is 1. The maximum Gasteiger partial charge on any atom is 0.238 e. The van der Waals surface area contributed by atoms with Gasteiger partial charge >= 0.3 is 0 Å². The second-order valence-corrected chi connectivity index (χ2v) is 9.03. The molecule has 0 spiro atoms. The Hall–Kier alpha value is -2.00. The van der Waals surface area contributed by atoms with E-state index < -0.39 is 0 Å². The minimum Gasteiger partial charge on any atom is -0.395 e. The molecule has 0 aromatic heterocycles. The number of carbonyl (C=O) groups excluding carboxylic acids is 2. The normalized spacial score (nSPS) is 19.7. The predicted molar refractivity (Wildman–Crippen MR) is 127 cm³/mol. The van der Waals surface area contributed by atoms with Crippen molar-refractivity contribution in [3.63, 3.8) is 0 Å². The molecule has 2 aliphatic heterocycles. The quantitative estimate of drug-likeness (QED) is 0.616. The Labute approximate surface area is 192 Å². The van der Waals surface area contributed by atoms with E-state index in [0.29, 0.717) is 39.3 Å². The van der Waals surface area contributed by atoms with Gasteiger partial charge in [0.2, 0.25) is 11.8 Å². The van der Waals surface area contributed by atoms with Crippen molar-refractivity contribution in [2.24, 2.45) is 0 Å². The number of aliphatic hydroxyl groups excluding tert-OH is 1. The molecule has 3 rings (SSSR count). The summed E-state index contributed by atoms with van der Waals surface area (Å²) >= 11 is 0. The van der Waals surface area contributed by atoms with Crippen LogP contribution in [0.5, 0.6) is 0 Å². The number of hydrogen-bond donors (Lipinski definition) is 2. The highest BCUT2D eigenvalue weighted by Gasteiger charge is 2.27. The molecule has 1 unspecified atom stereocenters. The Morgan fingerprint density at radius 3 is 2.06 bits per heavy atom. The number of para-hydroxylation sites is 1. The number of aryl methyl sites for hydroxylation is 2. The lowest BCUT2D eigenvalue weighted by molar-refractivity contribution is -0.134. The molecule has 32 heavy (non-hydrogen) atoms. The number of hydrogen-bond acceptors (Lipinski definition) is 6. The van der Waals surface area contributed by atoms with Crippen molar-refractivity contribution in [2.45, 2.75) is 33.2 Å². The van der Waals surface area contributed by atoms with E-state index in [0.717, 1.165) is 49.4 Å². The van der Waals surface area contributed by atoms with Gasteiger partial charge in [-0.25, -0.2) is 0 Å². The number of amides is 2. The molecule has 1 aromatic rings. The van der Waals surface area contributed by atoms with E-state index in [1.807, 2.05) is 36.9 Å². The van der Waals surface area contributed by atoms with E-state index in [1.165, 1.54) is 0 Å². The van der Waals surface area contributed by atoms with E-state index in [2.05, 4.69) is 26.9 Å². The smallest absolute Gasteiger partial charge is 0.238 e. The van der Waals surface area contributed by atoms with Gasteiger partial charge in [0, 0.05) is 64.1 Å². The van der Waals surface area contributed by atoms with Gasteiger partial charge in [-0.1, -0.05) is 25.1 Å². The molecule has 0 bridgehead atoms. The molecule has 2 N–H and O–H groups in total. The van der Waals surface area contributed by atoms with E-state index in [-0.39, 0.29) is 24.5 Å². The number of carbonyl (C=O) groups is 2. The molecule has 1 atom stereocenters. The Balaban J connectivity index is 1.38. The van der Waals surface area contributed by atoms with Gasteiger partial charge in [-0.2, -0.15) is 0 Å². The van der Waals surface area contributed by atoms with Crippen LogP contribution in [0.15, 0.2) is 18.2 Å². The van der Waals surface area contributed by atoms with Crippen LogP contribution in [0.1, 0.15) is 24.5 Å². The van der Waals surface area contributed by atoms with E-state index in [4.69, 9.17) is 0 Å². The molecule has 8 heteroatoms. The average Bonchev–Trinajstić information content (AvgIpc) is 2.79. The molecule has 178 valence electrons.